The molecule has 1 fully saturated rings. The number of nitrogens with one attached hydrogen (secondary N) is 2. The van der Waals surface area contributed by atoms with Crippen molar-refractivity contribution in [2.45, 2.75) is 32.5 Å². The summed E-state index contributed by atoms with van der Waals surface area (Å²) in [5.74, 6) is 0. The molecule has 132 valence electrons. The second kappa shape index (κ2) is 6.88. The maximum Gasteiger partial charge on any atom is 0.170 e. The first-order valence-electron chi connectivity index (χ1n) is 8.66. The number of aromatic nitrogens is 3. The SMILES string of the molecule is Cc1cc([C@H]2[C@@H](c3ccccn3)NC(=S)N2Cc2cccnc2)c(C)[nH]1. The van der Waals surface area contributed by atoms with Crippen LogP contribution < -0.4 is 5.32 Å². The van der Waals surface area contributed by atoms with Crippen molar-refractivity contribution in [2.75, 3.05) is 0 Å². The van der Waals surface area contributed by atoms with Gasteiger partial charge in [0, 0.05) is 36.5 Å². The van der Waals surface area contributed by atoms with Crippen molar-refractivity contribution in [3.63, 3.8) is 0 Å². The van der Waals surface area contributed by atoms with Crippen LogP contribution in [0, 0.1) is 13.8 Å². The Morgan fingerprint density at radius 2 is 2.04 bits per heavy atom. The molecule has 0 spiro atoms. The number of H-pyrrole nitrogens is 1. The predicted molar refractivity (Wildman–Crippen MR) is 105 cm³/mol. The van der Waals surface area contributed by atoms with Gasteiger partial charge in [-0.2, -0.15) is 0 Å². The molecule has 6 heteroatoms. The number of rotatable bonds is 4. The van der Waals surface area contributed by atoms with Gasteiger partial charge in [-0.3, -0.25) is 9.97 Å². The topological polar surface area (TPSA) is 56.8 Å². The number of thiocarbonyl (C=S) groups is 1. The fourth-order valence-electron chi connectivity index (χ4n) is 3.66. The Bertz CT molecular complexity index is 906. The van der Waals surface area contributed by atoms with Crippen molar-refractivity contribution in [2.24, 2.45) is 0 Å². The third-order valence-electron chi connectivity index (χ3n) is 4.78. The third kappa shape index (κ3) is 3.08. The van der Waals surface area contributed by atoms with E-state index in [-0.39, 0.29) is 12.1 Å². The zero-order valence-corrected chi connectivity index (χ0v) is 15.6. The molecule has 0 aromatic carbocycles. The van der Waals surface area contributed by atoms with Crippen LogP contribution in [0.15, 0.2) is 55.0 Å². The number of pyridine rings is 2. The highest BCUT2D eigenvalue weighted by atomic mass is 32.1. The van der Waals surface area contributed by atoms with Gasteiger partial charge in [-0.05, 0) is 61.5 Å². The summed E-state index contributed by atoms with van der Waals surface area (Å²) in [5, 5.41) is 4.23. The molecule has 3 aromatic rings. The van der Waals surface area contributed by atoms with Gasteiger partial charge in [0.2, 0.25) is 0 Å². The Kier molecular flexibility index (Phi) is 4.42. The average molecular weight is 363 g/mol. The minimum atomic E-state index is 0.00858. The van der Waals surface area contributed by atoms with Crippen LogP contribution in [0.25, 0.3) is 0 Å². The maximum atomic E-state index is 5.70. The van der Waals surface area contributed by atoms with Gasteiger partial charge in [0.05, 0.1) is 17.8 Å². The van der Waals surface area contributed by atoms with Gasteiger partial charge in [0.25, 0.3) is 0 Å². The van der Waals surface area contributed by atoms with Crippen molar-refractivity contribution in [1.29, 1.82) is 0 Å². The van der Waals surface area contributed by atoms with Crippen LogP contribution in [-0.4, -0.2) is 25.0 Å². The molecule has 2 N–H and O–H groups in total. The maximum absolute atomic E-state index is 5.70. The van der Waals surface area contributed by atoms with E-state index in [9.17, 15) is 0 Å². The Balaban J connectivity index is 1.76. The van der Waals surface area contributed by atoms with E-state index in [1.165, 1.54) is 5.56 Å². The van der Waals surface area contributed by atoms with E-state index in [0.717, 1.165) is 27.8 Å². The van der Waals surface area contributed by atoms with Gasteiger partial charge >= 0.3 is 0 Å². The Hall–Kier alpha value is -2.73. The summed E-state index contributed by atoms with van der Waals surface area (Å²) in [5.41, 5.74) is 5.68. The molecule has 0 bridgehead atoms. The molecule has 2 atom stereocenters. The van der Waals surface area contributed by atoms with Gasteiger partial charge < -0.3 is 15.2 Å². The standard InChI is InChI=1S/C20H21N5S/c1-13-10-16(14(2)23-13)19-18(17-7-3-4-9-22-17)24-20(26)25(19)12-15-6-5-8-21-11-15/h3-11,18-19,23H,12H2,1-2H3,(H,24,26)/t18-,19+/m1/s1. The van der Waals surface area contributed by atoms with Gasteiger partial charge in [-0.1, -0.05) is 12.1 Å². The molecule has 1 aliphatic heterocycles. The van der Waals surface area contributed by atoms with Crippen molar-refractivity contribution < 1.29 is 0 Å². The smallest absolute Gasteiger partial charge is 0.170 e. The molecule has 5 nitrogen and oxygen atoms in total. The normalized spacial score (nSPS) is 19.6. The van der Waals surface area contributed by atoms with Gasteiger partial charge in [0.1, 0.15) is 0 Å². The van der Waals surface area contributed by atoms with Crippen LogP contribution in [0.4, 0.5) is 0 Å². The van der Waals surface area contributed by atoms with Crippen LogP contribution in [0.2, 0.25) is 0 Å². The highest BCUT2D eigenvalue weighted by Crippen LogP contribution is 2.40. The predicted octanol–water partition coefficient (Wildman–Crippen LogP) is 3.59. The van der Waals surface area contributed by atoms with Crippen LogP contribution in [0.1, 0.15) is 40.3 Å². The zero-order chi connectivity index (χ0) is 18.1. The van der Waals surface area contributed by atoms with E-state index in [4.69, 9.17) is 12.2 Å². The molecular formula is C20H21N5S. The molecule has 0 unspecified atom stereocenters. The van der Waals surface area contributed by atoms with E-state index in [1.807, 2.05) is 30.6 Å². The van der Waals surface area contributed by atoms with Gasteiger partial charge in [-0.25, -0.2) is 0 Å². The van der Waals surface area contributed by atoms with Crippen LogP contribution >= 0.6 is 12.2 Å². The average Bonchev–Trinajstić information content (AvgIpc) is 3.15. The summed E-state index contributed by atoms with van der Waals surface area (Å²) in [6.07, 6.45) is 5.51. The number of aryl methyl sites for hydroxylation is 2. The van der Waals surface area contributed by atoms with Crippen molar-refractivity contribution in [1.82, 2.24) is 25.2 Å². The molecule has 4 rings (SSSR count). The highest BCUT2D eigenvalue weighted by molar-refractivity contribution is 7.80. The summed E-state index contributed by atoms with van der Waals surface area (Å²) >= 11 is 5.70. The van der Waals surface area contributed by atoms with Crippen LogP contribution in [0.5, 0.6) is 0 Å². The van der Waals surface area contributed by atoms with Crippen LogP contribution in [-0.2, 0) is 6.54 Å². The summed E-state index contributed by atoms with van der Waals surface area (Å²) in [6.45, 7) is 4.90. The first kappa shape index (κ1) is 16.7. The number of hydrogen-bond acceptors (Lipinski definition) is 3. The summed E-state index contributed by atoms with van der Waals surface area (Å²) in [6, 6.07) is 12.3. The molecule has 4 heterocycles. The molecule has 1 aliphatic rings. The first-order valence-corrected chi connectivity index (χ1v) is 9.07. The van der Waals surface area contributed by atoms with E-state index in [1.54, 1.807) is 6.20 Å². The zero-order valence-electron chi connectivity index (χ0n) is 14.8. The Morgan fingerprint density at radius 1 is 1.15 bits per heavy atom. The quantitative estimate of drug-likeness (QED) is 0.694. The molecule has 0 amide bonds. The molecule has 3 aromatic heterocycles. The molecule has 0 saturated carbocycles. The second-order valence-electron chi connectivity index (χ2n) is 6.65. The number of nitrogens with zero attached hydrogens (tertiary/aromatic N) is 3. The first-order chi connectivity index (χ1) is 12.6. The van der Waals surface area contributed by atoms with E-state index >= 15 is 0 Å². The lowest BCUT2D eigenvalue weighted by Crippen LogP contribution is -2.29. The molecule has 1 saturated heterocycles. The second-order valence-corrected chi connectivity index (χ2v) is 7.04. The van der Waals surface area contributed by atoms with E-state index < -0.39 is 0 Å². The minimum Gasteiger partial charge on any atom is -0.362 e. The lowest BCUT2D eigenvalue weighted by molar-refractivity contribution is 0.310. The lowest BCUT2D eigenvalue weighted by Gasteiger charge is -2.28. The lowest BCUT2D eigenvalue weighted by atomic mass is 9.96. The Morgan fingerprint density at radius 3 is 2.69 bits per heavy atom. The largest absolute Gasteiger partial charge is 0.362 e. The fourth-order valence-corrected chi connectivity index (χ4v) is 3.96. The van der Waals surface area contributed by atoms with Gasteiger partial charge in [0.15, 0.2) is 5.11 Å². The van der Waals surface area contributed by atoms with E-state index in [0.29, 0.717) is 6.54 Å². The minimum absolute atomic E-state index is 0.00858. The fraction of sp³-hybridized carbons (Fsp3) is 0.250. The molecule has 0 aliphatic carbocycles. The highest BCUT2D eigenvalue weighted by Gasteiger charge is 2.40. The van der Waals surface area contributed by atoms with Crippen molar-refractivity contribution in [3.8, 4) is 0 Å². The Labute approximate surface area is 158 Å². The van der Waals surface area contributed by atoms with Crippen molar-refractivity contribution in [3.05, 3.63) is 83.2 Å². The monoisotopic (exact) mass is 363 g/mol. The third-order valence-corrected chi connectivity index (χ3v) is 5.13. The van der Waals surface area contributed by atoms with Crippen LogP contribution in [0.3, 0.4) is 0 Å². The van der Waals surface area contributed by atoms with Gasteiger partial charge in [-0.15, -0.1) is 0 Å². The number of aromatic amines is 1. The molecule has 26 heavy (non-hydrogen) atoms. The molecular weight excluding hydrogens is 342 g/mol. The van der Waals surface area contributed by atoms with E-state index in [2.05, 4.69) is 57.2 Å². The number of hydrogen-bond donors (Lipinski definition) is 2. The summed E-state index contributed by atoms with van der Waals surface area (Å²) in [7, 11) is 0. The van der Waals surface area contributed by atoms with Crippen molar-refractivity contribution >= 4 is 17.3 Å². The molecule has 0 radical (unpaired) electrons. The summed E-state index contributed by atoms with van der Waals surface area (Å²) < 4.78 is 0. The summed E-state index contributed by atoms with van der Waals surface area (Å²) in [4.78, 5) is 14.5.